The highest BCUT2D eigenvalue weighted by Crippen LogP contribution is 2.23. The van der Waals surface area contributed by atoms with E-state index in [1.165, 1.54) is 38.5 Å². The van der Waals surface area contributed by atoms with Crippen molar-refractivity contribution in [3.63, 3.8) is 0 Å². The van der Waals surface area contributed by atoms with Crippen molar-refractivity contribution in [2.24, 2.45) is 4.99 Å². The van der Waals surface area contributed by atoms with Crippen molar-refractivity contribution in [1.82, 2.24) is 15.6 Å². The first kappa shape index (κ1) is 26.2. The Morgan fingerprint density at radius 2 is 1.93 bits per heavy atom. The molecule has 0 unspecified atom stereocenters. The van der Waals surface area contributed by atoms with E-state index in [1.54, 1.807) is 6.20 Å². The van der Waals surface area contributed by atoms with Crippen LogP contribution in [-0.2, 0) is 16.7 Å². The van der Waals surface area contributed by atoms with Gasteiger partial charge in [0.1, 0.15) is 12.3 Å². The molecular formula is C22H41IN4O2. The highest BCUT2D eigenvalue weighted by atomic mass is 127. The minimum atomic E-state index is -0.0294. The molecule has 168 valence electrons. The van der Waals surface area contributed by atoms with E-state index in [4.69, 9.17) is 9.15 Å². The van der Waals surface area contributed by atoms with E-state index in [0.29, 0.717) is 18.5 Å². The van der Waals surface area contributed by atoms with Crippen molar-refractivity contribution in [1.29, 1.82) is 0 Å². The zero-order valence-electron chi connectivity index (χ0n) is 18.8. The topological polar surface area (TPSA) is 71.7 Å². The highest BCUT2D eigenvalue weighted by Gasteiger charge is 2.19. The minimum Gasteiger partial charge on any atom is -0.443 e. The van der Waals surface area contributed by atoms with Gasteiger partial charge in [0.05, 0.1) is 12.3 Å². The third-order valence-corrected chi connectivity index (χ3v) is 5.03. The van der Waals surface area contributed by atoms with Gasteiger partial charge in [-0.3, -0.25) is 0 Å². The summed E-state index contributed by atoms with van der Waals surface area (Å²) < 4.78 is 11.8. The van der Waals surface area contributed by atoms with Gasteiger partial charge < -0.3 is 19.8 Å². The molecule has 2 rings (SSSR count). The first-order valence-electron chi connectivity index (χ1n) is 11.1. The smallest absolute Gasteiger partial charge is 0.216 e. The molecule has 1 aromatic heterocycles. The molecule has 1 heterocycles. The molecule has 0 spiro atoms. The van der Waals surface area contributed by atoms with Crippen molar-refractivity contribution in [2.45, 2.75) is 97.1 Å². The fourth-order valence-corrected chi connectivity index (χ4v) is 3.31. The van der Waals surface area contributed by atoms with Gasteiger partial charge in [0.25, 0.3) is 0 Å². The zero-order valence-corrected chi connectivity index (χ0v) is 21.1. The lowest BCUT2D eigenvalue weighted by Gasteiger charge is -2.21. The second-order valence-electron chi connectivity index (χ2n) is 8.68. The van der Waals surface area contributed by atoms with Gasteiger partial charge in [-0.25, -0.2) is 9.98 Å². The number of rotatable bonds is 10. The second-order valence-corrected chi connectivity index (χ2v) is 8.68. The SMILES string of the molecule is CCNC(=NCc1ncc(C(C)(C)C)o1)NCCCCCOC1CCCCC1.I. The summed E-state index contributed by atoms with van der Waals surface area (Å²) in [4.78, 5) is 8.93. The lowest BCUT2D eigenvalue weighted by molar-refractivity contribution is 0.0264. The summed E-state index contributed by atoms with van der Waals surface area (Å²) in [5.41, 5.74) is -0.0294. The van der Waals surface area contributed by atoms with E-state index in [9.17, 15) is 0 Å². The predicted octanol–water partition coefficient (Wildman–Crippen LogP) is 5.16. The Bertz CT molecular complexity index is 578. The number of nitrogens with zero attached hydrogens (tertiary/aromatic N) is 2. The van der Waals surface area contributed by atoms with E-state index in [2.05, 4.69) is 48.3 Å². The van der Waals surface area contributed by atoms with Crippen LogP contribution >= 0.6 is 24.0 Å². The average molecular weight is 521 g/mol. The fraction of sp³-hybridized carbons (Fsp3) is 0.818. The number of hydrogen-bond donors (Lipinski definition) is 2. The van der Waals surface area contributed by atoms with Gasteiger partial charge in [0.15, 0.2) is 5.96 Å². The molecule has 1 aromatic rings. The summed E-state index contributed by atoms with van der Waals surface area (Å²) in [6.45, 7) is 11.5. The molecule has 1 fully saturated rings. The van der Waals surface area contributed by atoms with Crippen LogP contribution in [0.4, 0.5) is 0 Å². The van der Waals surface area contributed by atoms with Crippen LogP contribution < -0.4 is 10.6 Å². The lowest BCUT2D eigenvalue weighted by Crippen LogP contribution is -2.37. The fourth-order valence-electron chi connectivity index (χ4n) is 3.31. The average Bonchev–Trinajstić information content (AvgIpc) is 3.15. The summed E-state index contributed by atoms with van der Waals surface area (Å²) in [7, 11) is 0. The quantitative estimate of drug-likeness (QED) is 0.193. The van der Waals surface area contributed by atoms with Gasteiger partial charge in [0, 0.05) is 25.1 Å². The molecule has 0 bridgehead atoms. The standard InChI is InChI=1S/C22H40N4O2.HI/c1-5-23-21(26-17-20-25-16-19(28-20)22(2,3)4)24-14-10-7-11-15-27-18-12-8-6-9-13-18;/h16,18H,5-15,17H2,1-4H3,(H2,23,24,26);1H. The predicted molar refractivity (Wildman–Crippen MR) is 130 cm³/mol. The summed E-state index contributed by atoms with van der Waals surface area (Å²) >= 11 is 0. The van der Waals surface area contributed by atoms with Gasteiger partial charge in [-0.15, -0.1) is 24.0 Å². The Labute approximate surface area is 194 Å². The molecule has 0 amide bonds. The van der Waals surface area contributed by atoms with Gasteiger partial charge >= 0.3 is 0 Å². The van der Waals surface area contributed by atoms with E-state index in [0.717, 1.165) is 44.3 Å². The number of hydrogen-bond acceptors (Lipinski definition) is 4. The van der Waals surface area contributed by atoms with Crippen molar-refractivity contribution in [3.05, 3.63) is 17.8 Å². The maximum atomic E-state index is 5.99. The number of halogens is 1. The van der Waals surface area contributed by atoms with Crippen molar-refractivity contribution in [3.8, 4) is 0 Å². The van der Waals surface area contributed by atoms with Crippen LogP contribution in [0, 0.1) is 0 Å². The number of aromatic nitrogens is 1. The zero-order chi connectivity index (χ0) is 20.2. The first-order chi connectivity index (χ1) is 13.5. The number of unbranched alkanes of at least 4 members (excludes halogenated alkanes) is 2. The normalized spacial score (nSPS) is 15.8. The van der Waals surface area contributed by atoms with Crippen LogP contribution in [0.5, 0.6) is 0 Å². The van der Waals surface area contributed by atoms with Crippen LogP contribution in [0.15, 0.2) is 15.6 Å². The van der Waals surface area contributed by atoms with E-state index in [-0.39, 0.29) is 29.4 Å². The van der Waals surface area contributed by atoms with Gasteiger partial charge in [-0.05, 0) is 39.0 Å². The third-order valence-electron chi connectivity index (χ3n) is 5.03. The largest absolute Gasteiger partial charge is 0.443 e. The van der Waals surface area contributed by atoms with Gasteiger partial charge in [-0.2, -0.15) is 0 Å². The monoisotopic (exact) mass is 520 g/mol. The van der Waals surface area contributed by atoms with E-state index in [1.807, 2.05) is 0 Å². The number of nitrogens with one attached hydrogen (secondary N) is 2. The molecule has 0 radical (unpaired) electrons. The van der Waals surface area contributed by atoms with Crippen LogP contribution in [-0.4, -0.2) is 36.7 Å². The molecule has 1 aliphatic rings. The van der Waals surface area contributed by atoms with Crippen LogP contribution in [0.3, 0.4) is 0 Å². The molecule has 7 heteroatoms. The molecule has 29 heavy (non-hydrogen) atoms. The van der Waals surface area contributed by atoms with Gasteiger partial charge in [0.2, 0.25) is 5.89 Å². The molecule has 0 saturated heterocycles. The van der Waals surface area contributed by atoms with E-state index >= 15 is 0 Å². The second kappa shape index (κ2) is 14.2. The van der Waals surface area contributed by atoms with Crippen LogP contribution in [0.2, 0.25) is 0 Å². The molecular weight excluding hydrogens is 479 g/mol. The minimum absolute atomic E-state index is 0. The Balaban J connectivity index is 0.00000420. The van der Waals surface area contributed by atoms with Crippen LogP contribution in [0.25, 0.3) is 0 Å². The Hall–Kier alpha value is -0.830. The molecule has 0 atom stereocenters. The Kier molecular flexibility index (Phi) is 12.9. The van der Waals surface area contributed by atoms with Crippen molar-refractivity contribution < 1.29 is 9.15 Å². The Morgan fingerprint density at radius 3 is 2.59 bits per heavy atom. The number of guanidine groups is 1. The molecule has 0 aliphatic heterocycles. The Morgan fingerprint density at radius 1 is 1.17 bits per heavy atom. The molecule has 0 aromatic carbocycles. The molecule has 2 N–H and O–H groups in total. The van der Waals surface area contributed by atoms with Crippen LogP contribution in [0.1, 0.15) is 90.7 Å². The maximum Gasteiger partial charge on any atom is 0.216 e. The van der Waals surface area contributed by atoms with E-state index < -0.39 is 0 Å². The summed E-state index contributed by atoms with van der Waals surface area (Å²) in [6.07, 6.45) is 12.3. The van der Waals surface area contributed by atoms with Crippen molar-refractivity contribution >= 4 is 29.9 Å². The summed E-state index contributed by atoms with van der Waals surface area (Å²) in [6, 6.07) is 0. The third kappa shape index (κ3) is 10.7. The molecule has 1 aliphatic carbocycles. The van der Waals surface area contributed by atoms with Gasteiger partial charge in [-0.1, -0.05) is 40.0 Å². The number of oxazole rings is 1. The first-order valence-corrected chi connectivity index (χ1v) is 11.1. The summed E-state index contributed by atoms with van der Waals surface area (Å²) in [5.74, 6) is 2.37. The number of ether oxygens (including phenoxy) is 1. The molecule has 6 nitrogen and oxygen atoms in total. The summed E-state index contributed by atoms with van der Waals surface area (Å²) in [5, 5.41) is 6.68. The van der Waals surface area contributed by atoms with Crippen molar-refractivity contribution in [2.75, 3.05) is 19.7 Å². The molecule has 1 saturated carbocycles. The number of aliphatic imine (C=N–C) groups is 1. The maximum absolute atomic E-state index is 5.99. The lowest BCUT2D eigenvalue weighted by atomic mass is 9.94. The highest BCUT2D eigenvalue weighted by molar-refractivity contribution is 14.0.